The number of carbonyl (C=O) groups excluding carboxylic acids is 1. The van der Waals surface area contributed by atoms with Gasteiger partial charge in [0.05, 0.1) is 6.04 Å². The van der Waals surface area contributed by atoms with E-state index < -0.39 is 0 Å². The molecule has 0 spiro atoms. The first-order valence-corrected chi connectivity index (χ1v) is 9.03. The van der Waals surface area contributed by atoms with E-state index in [-0.39, 0.29) is 17.9 Å². The van der Waals surface area contributed by atoms with E-state index in [1.165, 1.54) is 0 Å². The van der Waals surface area contributed by atoms with Gasteiger partial charge in [-0.25, -0.2) is 0 Å². The molecule has 0 saturated heterocycles. The van der Waals surface area contributed by atoms with Crippen LogP contribution in [-0.4, -0.2) is 5.91 Å². The molecule has 0 bridgehead atoms. The van der Waals surface area contributed by atoms with E-state index in [0.29, 0.717) is 6.42 Å². The average molecular weight is 333 g/mol. The number of anilines is 1. The van der Waals surface area contributed by atoms with E-state index in [1.807, 2.05) is 60.4 Å². The summed E-state index contributed by atoms with van der Waals surface area (Å²) >= 11 is 0. The summed E-state index contributed by atoms with van der Waals surface area (Å²) in [5, 5.41) is 0. The number of amides is 1. The quantitative estimate of drug-likeness (QED) is 0.603. The zero-order valence-corrected chi connectivity index (χ0v) is 15.4. The third kappa shape index (κ3) is 4.97. The lowest BCUT2D eigenvalue weighted by Crippen LogP contribution is -2.38. The summed E-state index contributed by atoms with van der Waals surface area (Å²) in [4.78, 5) is 15.0. The van der Waals surface area contributed by atoms with Crippen molar-refractivity contribution in [1.29, 1.82) is 0 Å². The molecule has 0 saturated carbocycles. The topological polar surface area (TPSA) is 20.3 Å². The summed E-state index contributed by atoms with van der Waals surface area (Å²) in [6, 6.07) is 20.1. The van der Waals surface area contributed by atoms with Gasteiger partial charge in [0.25, 0.3) is 0 Å². The van der Waals surface area contributed by atoms with Gasteiger partial charge < -0.3 is 4.90 Å². The average Bonchev–Trinajstić information content (AvgIpc) is 2.65. The van der Waals surface area contributed by atoms with Gasteiger partial charge in [-0.2, -0.15) is 0 Å². The Hall–Kier alpha value is -2.53. The van der Waals surface area contributed by atoms with Crippen molar-refractivity contribution in [3.8, 4) is 11.8 Å². The van der Waals surface area contributed by atoms with Crippen LogP contribution >= 0.6 is 0 Å². The number of carbonyl (C=O) groups is 1. The van der Waals surface area contributed by atoms with Gasteiger partial charge in [-0.15, -0.1) is 5.92 Å². The first kappa shape index (κ1) is 18.8. The molecule has 2 aromatic carbocycles. The van der Waals surface area contributed by atoms with Crippen LogP contribution in [-0.2, 0) is 4.79 Å². The highest BCUT2D eigenvalue weighted by molar-refractivity contribution is 5.94. The second-order valence-electron chi connectivity index (χ2n) is 6.24. The fourth-order valence-electron chi connectivity index (χ4n) is 3.11. The van der Waals surface area contributed by atoms with E-state index in [1.54, 1.807) is 0 Å². The maximum Gasteiger partial charge on any atom is 0.227 e. The molecule has 2 atom stereocenters. The molecule has 0 aliphatic carbocycles. The van der Waals surface area contributed by atoms with Crippen LogP contribution in [0.3, 0.4) is 0 Å². The molecule has 0 aliphatic heterocycles. The summed E-state index contributed by atoms with van der Waals surface area (Å²) in [6.07, 6.45) is 2.47. The van der Waals surface area contributed by atoms with Gasteiger partial charge in [-0.3, -0.25) is 4.79 Å². The Morgan fingerprint density at radius 1 is 1.04 bits per heavy atom. The Labute approximate surface area is 151 Å². The van der Waals surface area contributed by atoms with Crippen molar-refractivity contribution in [2.75, 3.05) is 4.90 Å². The Kier molecular flexibility index (Phi) is 7.29. The molecule has 130 valence electrons. The van der Waals surface area contributed by atoms with Crippen molar-refractivity contribution in [2.45, 2.75) is 46.1 Å². The number of hydrogen-bond donors (Lipinski definition) is 0. The number of hydrogen-bond acceptors (Lipinski definition) is 1. The Morgan fingerprint density at radius 3 is 2.20 bits per heavy atom. The Bertz CT molecular complexity index is 712. The summed E-state index contributed by atoms with van der Waals surface area (Å²) in [5.74, 6) is 6.48. The minimum atomic E-state index is -0.0968. The van der Waals surface area contributed by atoms with Crippen molar-refractivity contribution in [3.63, 3.8) is 0 Å². The molecule has 0 unspecified atom stereocenters. The van der Waals surface area contributed by atoms with Gasteiger partial charge in [0, 0.05) is 18.0 Å². The number of unbranched alkanes of at least 4 members (excludes halogenated alkanes) is 1. The summed E-state index contributed by atoms with van der Waals surface area (Å²) in [7, 11) is 0. The van der Waals surface area contributed by atoms with Gasteiger partial charge in [0.2, 0.25) is 5.91 Å². The van der Waals surface area contributed by atoms with Crippen molar-refractivity contribution < 1.29 is 4.79 Å². The maximum atomic E-state index is 13.1. The third-order valence-electron chi connectivity index (χ3n) is 4.31. The first-order valence-electron chi connectivity index (χ1n) is 9.03. The second kappa shape index (κ2) is 9.69. The highest BCUT2D eigenvalue weighted by Gasteiger charge is 2.30. The molecule has 0 fully saturated rings. The molecule has 2 rings (SSSR count). The molecule has 2 nitrogen and oxygen atoms in total. The van der Waals surface area contributed by atoms with Crippen LogP contribution in [0, 0.1) is 17.8 Å². The van der Waals surface area contributed by atoms with Crippen molar-refractivity contribution in [1.82, 2.24) is 0 Å². The number of nitrogens with zero attached hydrogens (tertiary/aromatic N) is 1. The maximum absolute atomic E-state index is 13.1. The molecular weight excluding hydrogens is 306 g/mol. The van der Waals surface area contributed by atoms with Gasteiger partial charge in [-0.1, -0.05) is 67.8 Å². The van der Waals surface area contributed by atoms with E-state index in [9.17, 15) is 4.79 Å². The third-order valence-corrected chi connectivity index (χ3v) is 4.31. The van der Waals surface area contributed by atoms with Crippen LogP contribution in [0.4, 0.5) is 5.69 Å². The van der Waals surface area contributed by atoms with E-state index >= 15 is 0 Å². The largest absolute Gasteiger partial charge is 0.304 e. The highest BCUT2D eigenvalue weighted by atomic mass is 16.2. The molecule has 0 radical (unpaired) electrons. The molecule has 0 N–H and O–H groups in total. The van der Waals surface area contributed by atoms with Crippen LogP contribution in [0.25, 0.3) is 0 Å². The first-order chi connectivity index (χ1) is 12.2. The number of para-hydroxylation sites is 1. The van der Waals surface area contributed by atoms with E-state index in [2.05, 4.69) is 37.8 Å². The Balaban J connectivity index is 2.51. The normalized spacial score (nSPS) is 12.6. The van der Waals surface area contributed by atoms with Crippen LogP contribution in [0.1, 0.15) is 51.6 Å². The van der Waals surface area contributed by atoms with Crippen LogP contribution in [0.5, 0.6) is 0 Å². The molecular formula is C23H27NO. The van der Waals surface area contributed by atoms with E-state index in [0.717, 1.165) is 24.1 Å². The molecule has 25 heavy (non-hydrogen) atoms. The standard InChI is InChI=1S/C23H27NO/c1-4-6-18-22(25)24(21-16-11-8-12-17-21)23(19(3)13-5-2)20-14-9-7-10-15-20/h7-12,14-17,19,23H,4,6,18H2,1-3H3/t19-,23+/m0/s1. The molecule has 2 aromatic rings. The lowest BCUT2D eigenvalue weighted by molar-refractivity contribution is -0.119. The van der Waals surface area contributed by atoms with Gasteiger partial charge in [0.15, 0.2) is 0 Å². The SMILES string of the molecule is CC#C[C@H](C)[C@H](c1ccccc1)N(C(=O)CCCC)c1ccccc1. The zero-order chi connectivity index (χ0) is 18.1. The molecule has 0 aliphatic rings. The fourth-order valence-corrected chi connectivity index (χ4v) is 3.11. The van der Waals surface area contributed by atoms with Crippen LogP contribution < -0.4 is 4.90 Å². The number of rotatable bonds is 7. The minimum Gasteiger partial charge on any atom is -0.304 e. The molecule has 1 amide bonds. The Morgan fingerprint density at radius 2 is 1.64 bits per heavy atom. The fraction of sp³-hybridized carbons (Fsp3) is 0.348. The lowest BCUT2D eigenvalue weighted by atomic mass is 9.92. The molecule has 0 aromatic heterocycles. The van der Waals surface area contributed by atoms with Crippen LogP contribution in [0.15, 0.2) is 60.7 Å². The molecule has 0 heterocycles. The summed E-state index contributed by atoms with van der Waals surface area (Å²) < 4.78 is 0. The number of benzene rings is 2. The second-order valence-corrected chi connectivity index (χ2v) is 6.24. The predicted molar refractivity (Wildman–Crippen MR) is 105 cm³/mol. The monoisotopic (exact) mass is 333 g/mol. The predicted octanol–water partition coefficient (Wildman–Crippen LogP) is 5.61. The van der Waals surface area contributed by atoms with Crippen molar-refractivity contribution in [2.24, 2.45) is 5.92 Å². The van der Waals surface area contributed by atoms with E-state index in [4.69, 9.17) is 0 Å². The molecule has 2 heteroatoms. The summed E-state index contributed by atoms with van der Waals surface area (Å²) in [6.45, 7) is 6.06. The van der Waals surface area contributed by atoms with Gasteiger partial charge in [0.1, 0.15) is 0 Å². The van der Waals surface area contributed by atoms with Gasteiger partial charge in [-0.05, 0) is 38.0 Å². The smallest absolute Gasteiger partial charge is 0.227 e. The van der Waals surface area contributed by atoms with Crippen molar-refractivity contribution >= 4 is 11.6 Å². The lowest BCUT2D eigenvalue weighted by Gasteiger charge is -2.34. The zero-order valence-electron chi connectivity index (χ0n) is 15.4. The minimum absolute atomic E-state index is 0.0400. The van der Waals surface area contributed by atoms with Gasteiger partial charge >= 0.3 is 0 Å². The highest BCUT2D eigenvalue weighted by Crippen LogP contribution is 2.33. The summed E-state index contributed by atoms with van der Waals surface area (Å²) in [5.41, 5.74) is 2.05. The van der Waals surface area contributed by atoms with Crippen molar-refractivity contribution in [3.05, 3.63) is 66.2 Å². The van der Waals surface area contributed by atoms with Crippen LogP contribution in [0.2, 0.25) is 0 Å².